The van der Waals surface area contributed by atoms with Crippen LogP contribution in [0.25, 0.3) is 0 Å². The second-order valence-corrected chi connectivity index (χ2v) is 8.04. The summed E-state index contributed by atoms with van der Waals surface area (Å²) in [6.07, 6.45) is 1.31. The first-order chi connectivity index (χ1) is 8.00. The Balaban J connectivity index is 2.04. The summed E-state index contributed by atoms with van der Waals surface area (Å²) in [6, 6.07) is 0. The second-order valence-electron chi connectivity index (χ2n) is 5.32. The van der Waals surface area contributed by atoms with Gasteiger partial charge in [0.05, 0.1) is 17.1 Å². The molecule has 1 N–H and O–H groups in total. The predicted molar refractivity (Wildman–Crippen MR) is 72.2 cm³/mol. The number of hydrogen-bond acceptors (Lipinski definition) is 5. The lowest BCUT2D eigenvalue weighted by Gasteiger charge is -2.43. The van der Waals surface area contributed by atoms with Crippen molar-refractivity contribution in [2.75, 3.05) is 11.5 Å². The molecular weight excluding hydrogens is 256 g/mol. The molecule has 2 heterocycles. The van der Waals surface area contributed by atoms with E-state index in [4.69, 9.17) is 4.74 Å². The number of aliphatic hydroxyl groups excluding tert-OH is 1. The fourth-order valence-corrected chi connectivity index (χ4v) is 5.66. The smallest absolute Gasteiger partial charge is 0.308 e. The maximum atomic E-state index is 11.4. The summed E-state index contributed by atoms with van der Waals surface area (Å²) < 4.78 is 5.91. The lowest BCUT2D eigenvalue weighted by molar-refractivity contribution is -0.168. The number of cyclic esters (lactones) is 1. The van der Waals surface area contributed by atoms with Crippen molar-refractivity contribution in [2.45, 2.75) is 49.9 Å². The monoisotopic (exact) mass is 276 g/mol. The quantitative estimate of drug-likeness (QED) is 0.784. The van der Waals surface area contributed by atoms with Crippen LogP contribution in [-0.4, -0.2) is 39.4 Å². The topological polar surface area (TPSA) is 46.5 Å². The molecule has 3 nitrogen and oxygen atoms in total. The molecule has 0 aliphatic carbocycles. The van der Waals surface area contributed by atoms with Crippen LogP contribution in [-0.2, 0) is 9.53 Å². The summed E-state index contributed by atoms with van der Waals surface area (Å²) in [7, 11) is 0. The van der Waals surface area contributed by atoms with E-state index in [1.807, 2.05) is 23.5 Å². The van der Waals surface area contributed by atoms with Gasteiger partial charge in [-0.1, -0.05) is 13.8 Å². The van der Waals surface area contributed by atoms with Gasteiger partial charge in [0.15, 0.2) is 0 Å². The molecule has 2 aliphatic heterocycles. The summed E-state index contributed by atoms with van der Waals surface area (Å²) in [6.45, 7) is 4.30. The summed E-state index contributed by atoms with van der Waals surface area (Å²) in [5.41, 5.74) is -0.0766. The average molecular weight is 276 g/mol. The predicted octanol–water partition coefficient (Wildman–Crippen LogP) is 2.28. The Kier molecular flexibility index (Phi) is 4.31. The Bertz CT molecular complexity index is 287. The lowest BCUT2D eigenvalue weighted by Crippen LogP contribution is -2.46. The first kappa shape index (κ1) is 13.6. The summed E-state index contributed by atoms with van der Waals surface area (Å²) in [5, 5.41) is 9.70. The van der Waals surface area contributed by atoms with Gasteiger partial charge < -0.3 is 9.84 Å². The Morgan fingerprint density at radius 3 is 2.59 bits per heavy atom. The molecule has 2 atom stereocenters. The van der Waals surface area contributed by atoms with Crippen molar-refractivity contribution in [3.8, 4) is 0 Å². The molecule has 2 saturated heterocycles. The van der Waals surface area contributed by atoms with E-state index >= 15 is 0 Å². The molecule has 0 saturated carbocycles. The fourth-order valence-electron chi connectivity index (χ4n) is 2.30. The summed E-state index contributed by atoms with van der Waals surface area (Å²) >= 11 is 3.91. The molecule has 0 aromatic heterocycles. The summed E-state index contributed by atoms with van der Waals surface area (Å²) in [5.74, 6) is 2.11. The van der Waals surface area contributed by atoms with Gasteiger partial charge in [-0.15, -0.1) is 23.5 Å². The van der Waals surface area contributed by atoms with Gasteiger partial charge in [-0.2, -0.15) is 0 Å². The number of ether oxygens (including phenoxy) is 1. The van der Waals surface area contributed by atoms with Crippen molar-refractivity contribution >= 4 is 29.5 Å². The maximum Gasteiger partial charge on any atom is 0.308 e. The van der Waals surface area contributed by atoms with Crippen LogP contribution < -0.4 is 0 Å². The minimum atomic E-state index is -0.529. The third kappa shape index (κ3) is 3.12. The molecule has 0 amide bonds. The fraction of sp³-hybridized carbons (Fsp3) is 0.917. The highest BCUT2D eigenvalue weighted by atomic mass is 32.2. The zero-order chi connectivity index (χ0) is 12.5. The molecule has 2 fully saturated rings. The van der Waals surface area contributed by atoms with Crippen LogP contribution in [0.5, 0.6) is 0 Å². The van der Waals surface area contributed by atoms with Crippen LogP contribution >= 0.6 is 23.5 Å². The van der Waals surface area contributed by atoms with E-state index in [0.717, 1.165) is 0 Å². The van der Waals surface area contributed by atoms with Gasteiger partial charge in [-0.05, 0) is 17.9 Å². The van der Waals surface area contributed by atoms with Crippen molar-refractivity contribution in [1.82, 2.24) is 0 Å². The van der Waals surface area contributed by atoms with Gasteiger partial charge in [-0.3, -0.25) is 4.79 Å². The third-order valence-electron chi connectivity index (χ3n) is 3.43. The van der Waals surface area contributed by atoms with Crippen LogP contribution in [0.4, 0.5) is 0 Å². The molecule has 1 unspecified atom stereocenters. The van der Waals surface area contributed by atoms with Crippen molar-refractivity contribution in [2.24, 2.45) is 5.41 Å². The van der Waals surface area contributed by atoms with Crippen molar-refractivity contribution in [1.29, 1.82) is 0 Å². The molecule has 5 heteroatoms. The molecule has 98 valence electrons. The second kappa shape index (κ2) is 5.41. The first-order valence-electron chi connectivity index (χ1n) is 6.11. The molecule has 0 aromatic carbocycles. The Labute approximate surface area is 111 Å². The van der Waals surface area contributed by atoms with Gasteiger partial charge in [-0.25, -0.2) is 0 Å². The van der Waals surface area contributed by atoms with Gasteiger partial charge in [0.25, 0.3) is 0 Å². The normalized spacial score (nSPS) is 32.3. The van der Waals surface area contributed by atoms with Crippen LogP contribution in [0.3, 0.4) is 0 Å². The number of rotatable bonds is 2. The number of thioether (sulfide) groups is 2. The number of carbonyl (C=O) groups excluding carboxylic acids is 1. The van der Waals surface area contributed by atoms with Crippen LogP contribution in [0.2, 0.25) is 0 Å². The van der Waals surface area contributed by atoms with Crippen LogP contribution in [0.1, 0.15) is 33.1 Å². The minimum absolute atomic E-state index is 0.0766. The molecule has 17 heavy (non-hydrogen) atoms. The molecule has 0 bridgehead atoms. The van der Waals surface area contributed by atoms with Crippen LogP contribution in [0.15, 0.2) is 0 Å². The standard InChI is InChI=1S/C12H20O3S2/c1-12(2,11-16-4-3-5-17-11)9-6-8(13)7-10(14)15-9/h8-9,11,13H,3-7H2,1-2H3/t8-,9?/m1/s1. The number of esters is 1. The zero-order valence-corrected chi connectivity index (χ0v) is 12.0. The van der Waals surface area contributed by atoms with E-state index in [1.165, 1.54) is 17.9 Å². The molecule has 0 aromatic rings. The highest BCUT2D eigenvalue weighted by Gasteiger charge is 2.44. The number of hydrogen-bond donors (Lipinski definition) is 1. The summed E-state index contributed by atoms with van der Waals surface area (Å²) in [4.78, 5) is 11.4. The zero-order valence-electron chi connectivity index (χ0n) is 10.3. The highest BCUT2D eigenvalue weighted by molar-refractivity contribution is 8.17. The molecule has 2 rings (SSSR count). The van der Waals surface area contributed by atoms with E-state index in [0.29, 0.717) is 11.0 Å². The van der Waals surface area contributed by atoms with E-state index < -0.39 is 6.10 Å². The first-order valence-corrected chi connectivity index (χ1v) is 8.20. The maximum absolute atomic E-state index is 11.4. The molecule has 2 aliphatic rings. The van der Waals surface area contributed by atoms with E-state index in [9.17, 15) is 9.90 Å². The van der Waals surface area contributed by atoms with E-state index in [1.54, 1.807) is 0 Å². The van der Waals surface area contributed by atoms with Crippen molar-refractivity contribution in [3.63, 3.8) is 0 Å². The largest absolute Gasteiger partial charge is 0.462 e. The van der Waals surface area contributed by atoms with Crippen LogP contribution in [0, 0.1) is 5.41 Å². The Hall–Kier alpha value is 0.130. The number of carbonyl (C=O) groups is 1. The molecule has 0 radical (unpaired) electrons. The van der Waals surface area contributed by atoms with Crippen molar-refractivity contribution < 1.29 is 14.6 Å². The highest BCUT2D eigenvalue weighted by Crippen LogP contribution is 2.47. The Morgan fingerprint density at radius 1 is 1.35 bits per heavy atom. The van der Waals surface area contributed by atoms with Gasteiger partial charge in [0.1, 0.15) is 6.10 Å². The average Bonchev–Trinajstić information content (AvgIpc) is 2.29. The number of aliphatic hydroxyl groups is 1. The lowest BCUT2D eigenvalue weighted by atomic mass is 9.83. The van der Waals surface area contributed by atoms with Gasteiger partial charge in [0, 0.05) is 11.8 Å². The van der Waals surface area contributed by atoms with Gasteiger partial charge >= 0.3 is 5.97 Å². The van der Waals surface area contributed by atoms with Gasteiger partial charge in [0.2, 0.25) is 0 Å². The Morgan fingerprint density at radius 2 is 2.00 bits per heavy atom. The van der Waals surface area contributed by atoms with E-state index in [2.05, 4.69) is 13.8 Å². The SMILES string of the molecule is CC(C)(C1C[C@@H](O)CC(=O)O1)C1SCCCS1. The minimum Gasteiger partial charge on any atom is -0.462 e. The third-order valence-corrected chi connectivity index (χ3v) is 7.11. The van der Waals surface area contributed by atoms with Crippen molar-refractivity contribution in [3.05, 3.63) is 0 Å². The van der Waals surface area contributed by atoms with E-state index in [-0.39, 0.29) is 23.9 Å². The molecular formula is C12H20O3S2. The molecule has 0 spiro atoms.